The van der Waals surface area contributed by atoms with Crippen LogP contribution in [0.3, 0.4) is 0 Å². The number of rotatable bonds is 8. The van der Waals surface area contributed by atoms with Gasteiger partial charge in [-0.1, -0.05) is 12.1 Å². The number of carbonyl (C=O) groups excluding carboxylic acids is 1. The highest BCUT2D eigenvalue weighted by Crippen LogP contribution is 2.23. The first kappa shape index (κ1) is 20.7. The third-order valence-corrected chi connectivity index (χ3v) is 5.28. The predicted molar refractivity (Wildman–Crippen MR) is 103 cm³/mol. The summed E-state index contributed by atoms with van der Waals surface area (Å²) in [7, 11) is -2.16. The molecule has 0 spiro atoms. The van der Waals surface area contributed by atoms with Gasteiger partial charge in [-0.3, -0.25) is 9.10 Å². The minimum absolute atomic E-state index is 0.315. The first-order valence-electron chi connectivity index (χ1n) is 8.38. The third-order valence-electron chi connectivity index (χ3n) is 4.04. The van der Waals surface area contributed by atoms with E-state index in [1.807, 2.05) is 0 Å². The summed E-state index contributed by atoms with van der Waals surface area (Å²) in [5, 5.41) is 2.73. The Morgan fingerprint density at radius 1 is 1.15 bits per heavy atom. The number of sulfonamides is 1. The molecule has 8 heteroatoms. The zero-order valence-corrected chi connectivity index (χ0v) is 16.3. The van der Waals surface area contributed by atoms with Gasteiger partial charge < -0.3 is 10.1 Å². The summed E-state index contributed by atoms with van der Waals surface area (Å²) in [5.74, 6) is -0.151. The zero-order valence-electron chi connectivity index (χ0n) is 15.5. The Hall–Kier alpha value is -2.61. The van der Waals surface area contributed by atoms with E-state index >= 15 is 0 Å². The van der Waals surface area contributed by atoms with E-state index in [1.165, 1.54) is 26.2 Å². The monoisotopic (exact) mass is 394 g/mol. The maximum atomic E-state index is 12.9. The Morgan fingerprint density at radius 3 is 2.26 bits per heavy atom. The van der Waals surface area contributed by atoms with E-state index < -0.39 is 22.0 Å². The summed E-state index contributed by atoms with van der Waals surface area (Å²) in [6.07, 6.45) is 1.57. The number of hydrogen-bond donors (Lipinski definition) is 1. The van der Waals surface area contributed by atoms with Crippen molar-refractivity contribution < 1.29 is 22.3 Å². The minimum atomic E-state index is -3.67. The van der Waals surface area contributed by atoms with Crippen molar-refractivity contribution >= 4 is 21.6 Å². The van der Waals surface area contributed by atoms with E-state index in [4.69, 9.17) is 4.74 Å². The molecular weight excluding hydrogens is 371 g/mol. The van der Waals surface area contributed by atoms with Crippen LogP contribution < -0.4 is 14.4 Å². The summed E-state index contributed by atoms with van der Waals surface area (Å²) in [6.45, 7) is 1.84. The predicted octanol–water partition coefficient (Wildman–Crippen LogP) is 2.35. The number of benzene rings is 2. The van der Waals surface area contributed by atoms with Gasteiger partial charge in [0.2, 0.25) is 15.9 Å². The molecule has 1 amide bonds. The van der Waals surface area contributed by atoms with Gasteiger partial charge >= 0.3 is 0 Å². The van der Waals surface area contributed by atoms with Crippen LogP contribution in [0.4, 0.5) is 10.1 Å². The number of nitrogens with zero attached hydrogens (tertiary/aromatic N) is 1. The number of hydrogen-bond acceptors (Lipinski definition) is 4. The number of anilines is 1. The van der Waals surface area contributed by atoms with Gasteiger partial charge in [-0.25, -0.2) is 12.8 Å². The number of nitrogens with one attached hydrogen (secondary N) is 1. The molecular formula is C19H23FN2O4S. The summed E-state index contributed by atoms with van der Waals surface area (Å²) in [4.78, 5) is 12.5. The maximum absolute atomic E-state index is 12.9. The number of halogens is 1. The molecule has 0 aliphatic carbocycles. The van der Waals surface area contributed by atoms with Gasteiger partial charge in [-0.15, -0.1) is 0 Å². The van der Waals surface area contributed by atoms with Crippen LogP contribution >= 0.6 is 0 Å². The molecule has 1 atom stereocenters. The van der Waals surface area contributed by atoms with E-state index in [2.05, 4.69) is 5.32 Å². The van der Waals surface area contributed by atoms with E-state index in [9.17, 15) is 17.6 Å². The van der Waals surface area contributed by atoms with Crippen molar-refractivity contribution in [3.05, 3.63) is 59.9 Å². The Kier molecular flexibility index (Phi) is 6.79. The summed E-state index contributed by atoms with van der Waals surface area (Å²) >= 11 is 0. The molecule has 2 aromatic carbocycles. The molecule has 0 fully saturated rings. The smallest absolute Gasteiger partial charge is 0.243 e. The van der Waals surface area contributed by atoms with Crippen molar-refractivity contribution in [1.29, 1.82) is 0 Å². The molecule has 2 aromatic rings. The van der Waals surface area contributed by atoms with Crippen LogP contribution in [0.5, 0.6) is 5.75 Å². The van der Waals surface area contributed by atoms with Crippen LogP contribution in [-0.2, 0) is 21.2 Å². The fraction of sp³-hybridized carbons (Fsp3) is 0.316. The Bertz CT molecular complexity index is 868. The zero-order chi connectivity index (χ0) is 20.0. The molecule has 6 nitrogen and oxygen atoms in total. The molecule has 2 rings (SSSR count). The Labute approximate surface area is 159 Å². The number of ether oxygens (including phenoxy) is 1. The average molecular weight is 394 g/mol. The first-order chi connectivity index (χ1) is 12.7. The molecule has 0 saturated carbocycles. The summed E-state index contributed by atoms with van der Waals surface area (Å²) in [5.41, 5.74) is 1.25. The highest BCUT2D eigenvalue weighted by atomic mass is 32.2. The molecule has 0 aromatic heterocycles. The molecule has 146 valence electrons. The van der Waals surface area contributed by atoms with Crippen molar-refractivity contribution in [3.8, 4) is 5.75 Å². The van der Waals surface area contributed by atoms with E-state index in [1.54, 1.807) is 36.4 Å². The molecule has 0 heterocycles. The standard InChI is InChI=1S/C19H23FN2O4S/c1-14(19(23)21-13-12-15-4-6-16(20)7-5-15)22(27(3,24)25)17-8-10-18(26-2)11-9-17/h4-11,14H,12-13H2,1-3H3,(H,21,23)/t14-/m0/s1. The quantitative estimate of drug-likeness (QED) is 0.746. The van der Waals surface area contributed by atoms with Crippen LogP contribution in [0.15, 0.2) is 48.5 Å². The van der Waals surface area contributed by atoms with Crippen molar-refractivity contribution in [3.63, 3.8) is 0 Å². The van der Waals surface area contributed by atoms with E-state index in [0.717, 1.165) is 16.1 Å². The van der Waals surface area contributed by atoms with Gasteiger partial charge in [0.1, 0.15) is 17.6 Å². The summed E-state index contributed by atoms with van der Waals surface area (Å²) in [6, 6.07) is 11.5. The number of methoxy groups -OCH3 is 1. The van der Waals surface area contributed by atoms with Crippen LogP contribution in [0, 0.1) is 5.82 Å². The second-order valence-electron chi connectivity index (χ2n) is 6.10. The van der Waals surface area contributed by atoms with Crippen LogP contribution in [0.25, 0.3) is 0 Å². The topological polar surface area (TPSA) is 75.7 Å². The van der Waals surface area contributed by atoms with Crippen molar-refractivity contribution in [2.24, 2.45) is 0 Å². The molecule has 27 heavy (non-hydrogen) atoms. The largest absolute Gasteiger partial charge is 0.497 e. The fourth-order valence-electron chi connectivity index (χ4n) is 2.67. The number of carbonyl (C=O) groups is 1. The number of amides is 1. The molecule has 0 radical (unpaired) electrons. The fourth-order valence-corrected chi connectivity index (χ4v) is 3.84. The van der Waals surface area contributed by atoms with Gasteiger partial charge in [-0.05, 0) is 55.3 Å². The Morgan fingerprint density at radius 2 is 1.74 bits per heavy atom. The van der Waals surface area contributed by atoms with Crippen LogP contribution in [0.1, 0.15) is 12.5 Å². The lowest BCUT2D eigenvalue weighted by Gasteiger charge is -2.28. The van der Waals surface area contributed by atoms with Crippen molar-refractivity contribution in [2.75, 3.05) is 24.2 Å². The molecule has 0 aliphatic rings. The molecule has 0 aliphatic heterocycles. The van der Waals surface area contributed by atoms with Crippen LogP contribution in [0.2, 0.25) is 0 Å². The highest BCUT2D eigenvalue weighted by Gasteiger charge is 2.28. The second-order valence-corrected chi connectivity index (χ2v) is 7.96. The van der Waals surface area contributed by atoms with E-state index in [-0.39, 0.29) is 5.82 Å². The molecule has 0 bridgehead atoms. The normalized spacial score (nSPS) is 12.3. The average Bonchev–Trinajstić information content (AvgIpc) is 2.62. The van der Waals surface area contributed by atoms with Crippen LogP contribution in [-0.4, -0.2) is 40.3 Å². The maximum Gasteiger partial charge on any atom is 0.243 e. The van der Waals surface area contributed by atoms with Gasteiger partial charge in [0.25, 0.3) is 0 Å². The van der Waals surface area contributed by atoms with Gasteiger partial charge in [0, 0.05) is 6.54 Å². The second kappa shape index (κ2) is 8.85. The molecule has 0 saturated heterocycles. The Balaban J connectivity index is 2.06. The lowest BCUT2D eigenvalue weighted by molar-refractivity contribution is -0.121. The minimum Gasteiger partial charge on any atom is -0.497 e. The van der Waals surface area contributed by atoms with Gasteiger partial charge in [0.15, 0.2) is 0 Å². The lowest BCUT2D eigenvalue weighted by Crippen LogP contribution is -2.48. The van der Waals surface area contributed by atoms with E-state index in [0.29, 0.717) is 24.4 Å². The van der Waals surface area contributed by atoms with Crippen molar-refractivity contribution in [1.82, 2.24) is 5.32 Å². The highest BCUT2D eigenvalue weighted by molar-refractivity contribution is 7.92. The SMILES string of the molecule is COc1ccc(N([C@@H](C)C(=O)NCCc2ccc(F)cc2)S(C)(=O)=O)cc1. The summed E-state index contributed by atoms with van der Waals surface area (Å²) < 4.78 is 43.5. The van der Waals surface area contributed by atoms with Gasteiger partial charge in [-0.2, -0.15) is 0 Å². The third kappa shape index (κ3) is 5.68. The van der Waals surface area contributed by atoms with Gasteiger partial charge in [0.05, 0.1) is 19.1 Å². The van der Waals surface area contributed by atoms with Crippen molar-refractivity contribution in [2.45, 2.75) is 19.4 Å². The molecule has 1 N–H and O–H groups in total. The molecule has 0 unspecified atom stereocenters. The lowest BCUT2D eigenvalue weighted by atomic mass is 10.1. The first-order valence-corrected chi connectivity index (χ1v) is 10.2.